The van der Waals surface area contributed by atoms with Crippen LogP contribution >= 0.6 is 11.8 Å². The summed E-state index contributed by atoms with van der Waals surface area (Å²) in [5.41, 5.74) is 3.06. The summed E-state index contributed by atoms with van der Waals surface area (Å²) in [4.78, 5) is 27.5. The van der Waals surface area contributed by atoms with Gasteiger partial charge in [0.05, 0.1) is 27.7 Å². The lowest BCUT2D eigenvalue weighted by Gasteiger charge is -2.16. The molecule has 0 fully saturated rings. The maximum atomic E-state index is 13.2. The molecule has 7 nitrogen and oxygen atoms in total. The lowest BCUT2D eigenvalue weighted by Crippen LogP contribution is -2.31. The summed E-state index contributed by atoms with van der Waals surface area (Å²) in [5, 5.41) is 14.3. The molecule has 0 spiro atoms. The molecule has 0 aliphatic carbocycles. The average molecular weight is 433 g/mol. The van der Waals surface area contributed by atoms with Crippen LogP contribution in [0, 0.1) is 13.8 Å². The number of aliphatic hydroxyl groups excluding tert-OH is 1. The first-order valence-electron chi connectivity index (χ1n) is 8.72. The molecule has 3 N–H and O–H groups in total. The van der Waals surface area contributed by atoms with Gasteiger partial charge in [-0.05, 0) is 49.2 Å². The quantitative estimate of drug-likeness (QED) is 0.674. The summed E-state index contributed by atoms with van der Waals surface area (Å²) in [5.74, 6) is -0.737. The minimum atomic E-state index is -3.89. The number of carbonyl (C=O) groups excluding carboxylic acids is 2. The van der Waals surface area contributed by atoms with Crippen molar-refractivity contribution in [3.8, 4) is 0 Å². The number of imide groups is 1. The Kier molecular flexibility index (Phi) is 5.95. The lowest BCUT2D eigenvalue weighted by atomic mass is 9.99. The Morgan fingerprint density at radius 2 is 1.69 bits per heavy atom. The van der Waals surface area contributed by atoms with Gasteiger partial charge in [-0.2, -0.15) is 0 Å². The highest BCUT2D eigenvalue weighted by Gasteiger charge is 2.40. The van der Waals surface area contributed by atoms with E-state index < -0.39 is 21.8 Å². The maximum Gasteiger partial charge on any atom is 0.272 e. The summed E-state index contributed by atoms with van der Waals surface area (Å²) < 4.78 is 22.9. The maximum absolute atomic E-state index is 13.2. The predicted octanol–water partition coefficient (Wildman–Crippen LogP) is 1.96. The molecule has 9 heteroatoms. The van der Waals surface area contributed by atoms with E-state index in [4.69, 9.17) is 5.14 Å². The van der Waals surface area contributed by atoms with E-state index in [1.54, 1.807) is 6.07 Å². The zero-order valence-electron chi connectivity index (χ0n) is 15.9. The topological polar surface area (TPSA) is 118 Å². The summed E-state index contributed by atoms with van der Waals surface area (Å²) in [6.45, 7) is 3.66. The number of aliphatic hydroxyl groups is 1. The number of amides is 2. The van der Waals surface area contributed by atoms with E-state index in [9.17, 15) is 23.1 Å². The van der Waals surface area contributed by atoms with Gasteiger partial charge in [-0.3, -0.25) is 9.59 Å². The lowest BCUT2D eigenvalue weighted by molar-refractivity contribution is -0.119. The molecule has 1 aliphatic heterocycles. The van der Waals surface area contributed by atoms with Crippen LogP contribution in [0.25, 0.3) is 5.57 Å². The molecule has 152 valence electrons. The van der Waals surface area contributed by atoms with Crippen LogP contribution in [-0.4, -0.2) is 37.7 Å². The van der Waals surface area contributed by atoms with Crippen molar-refractivity contribution in [1.82, 2.24) is 0 Å². The Bertz CT molecular complexity index is 1120. The summed E-state index contributed by atoms with van der Waals surface area (Å²) in [6, 6.07) is 10.8. The minimum absolute atomic E-state index is 0.113. The number of aryl methyl sites for hydroxylation is 2. The van der Waals surface area contributed by atoms with Crippen molar-refractivity contribution in [2.45, 2.75) is 18.7 Å². The molecule has 0 atom stereocenters. The van der Waals surface area contributed by atoms with Gasteiger partial charge in [-0.1, -0.05) is 23.8 Å². The highest BCUT2D eigenvalue weighted by molar-refractivity contribution is 8.04. The Balaban J connectivity index is 2.08. The van der Waals surface area contributed by atoms with Crippen molar-refractivity contribution in [2.75, 3.05) is 17.3 Å². The van der Waals surface area contributed by atoms with E-state index >= 15 is 0 Å². The Hall–Kier alpha value is -2.46. The van der Waals surface area contributed by atoms with Gasteiger partial charge in [0.1, 0.15) is 0 Å². The van der Waals surface area contributed by atoms with Crippen molar-refractivity contribution in [3.63, 3.8) is 0 Å². The number of hydrogen-bond donors (Lipinski definition) is 2. The standard InChI is InChI=1S/C20H20N2O5S2/c1-12-3-8-16(13(2)11-12)17-18(28-10-9-23)20(25)22(19(17)24)14-4-6-15(7-5-14)29(21,26)27/h3-8,11,23H,9-10H2,1-2H3,(H2,21,26,27). The molecule has 0 unspecified atom stereocenters. The van der Waals surface area contributed by atoms with Gasteiger partial charge in [0.2, 0.25) is 10.0 Å². The molecular formula is C20H20N2O5S2. The summed E-state index contributed by atoms with van der Waals surface area (Å²) in [6.07, 6.45) is 0. The molecule has 0 bridgehead atoms. The zero-order chi connectivity index (χ0) is 21.3. The van der Waals surface area contributed by atoms with Gasteiger partial charge in [-0.25, -0.2) is 18.5 Å². The molecule has 0 radical (unpaired) electrons. The van der Waals surface area contributed by atoms with E-state index in [2.05, 4.69) is 0 Å². The van der Waals surface area contributed by atoms with Crippen LogP contribution in [0.1, 0.15) is 16.7 Å². The van der Waals surface area contributed by atoms with Crippen LogP contribution in [-0.2, 0) is 19.6 Å². The van der Waals surface area contributed by atoms with E-state index in [0.717, 1.165) is 27.8 Å². The SMILES string of the molecule is Cc1ccc(C2=C(SCCO)C(=O)N(c3ccc(S(N)(=O)=O)cc3)C2=O)c(C)c1. The van der Waals surface area contributed by atoms with E-state index in [-0.39, 0.29) is 33.4 Å². The highest BCUT2D eigenvalue weighted by Crippen LogP contribution is 2.39. The molecule has 29 heavy (non-hydrogen) atoms. The number of nitrogens with two attached hydrogens (primary N) is 1. The fourth-order valence-corrected chi connectivity index (χ4v) is 4.51. The second kappa shape index (κ2) is 8.11. The van der Waals surface area contributed by atoms with Crippen molar-refractivity contribution in [2.24, 2.45) is 5.14 Å². The third kappa shape index (κ3) is 4.13. The molecule has 3 rings (SSSR count). The number of thioether (sulfide) groups is 1. The minimum Gasteiger partial charge on any atom is -0.396 e. The van der Waals surface area contributed by atoms with Crippen LogP contribution in [0.2, 0.25) is 0 Å². The van der Waals surface area contributed by atoms with Gasteiger partial charge in [0, 0.05) is 5.75 Å². The van der Waals surface area contributed by atoms with E-state index in [0.29, 0.717) is 5.56 Å². The molecule has 1 heterocycles. The van der Waals surface area contributed by atoms with Crippen molar-refractivity contribution in [1.29, 1.82) is 0 Å². The Labute approximate surface area is 173 Å². The monoisotopic (exact) mass is 432 g/mol. The number of sulfonamides is 1. The van der Waals surface area contributed by atoms with Gasteiger partial charge in [0.25, 0.3) is 11.8 Å². The third-order valence-electron chi connectivity index (χ3n) is 4.45. The van der Waals surface area contributed by atoms with Crippen molar-refractivity contribution >= 4 is 44.9 Å². The largest absolute Gasteiger partial charge is 0.396 e. The van der Waals surface area contributed by atoms with Crippen LogP contribution in [0.15, 0.2) is 52.3 Å². The molecule has 1 aliphatic rings. The second-order valence-electron chi connectivity index (χ2n) is 6.58. The number of benzene rings is 2. The fourth-order valence-electron chi connectivity index (χ4n) is 3.14. The average Bonchev–Trinajstić information content (AvgIpc) is 2.89. The van der Waals surface area contributed by atoms with Crippen LogP contribution in [0.4, 0.5) is 5.69 Å². The molecule has 2 amide bonds. The van der Waals surface area contributed by atoms with Gasteiger partial charge >= 0.3 is 0 Å². The first-order valence-corrected chi connectivity index (χ1v) is 11.3. The highest BCUT2D eigenvalue weighted by atomic mass is 32.2. The van der Waals surface area contributed by atoms with Crippen molar-refractivity contribution < 1.29 is 23.1 Å². The number of nitrogens with zero attached hydrogens (tertiary/aromatic N) is 1. The van der Waals surface area contributed by atoms with E-state index in [1.807, 2.05) is 26.0 Å². The molecule has 2 aromatic carbocycles. The number of anilines is 1. The van der Waals surface area contributed by atoms with Crippen LogP contribution < -0.4 is 10.0 Å². The second-order valence-corrected chi connectivity index (χ2v) is 9.25. The first kappa shape index (κ1) is 21.3. The third-order valence-corrected chi connectivity index (χ3v) is 6.44. The van der Waals surface area contributed by atoms with Gasteiger partial charge < -0.3 is 5.11 Å². The smallest absolute Gasteiger partial charge is 0.272 e. The Morgan fingerprint density at radius 1 is 1.03 bits per heavy atom. The van der Waals surface area contributed by atoms with Crippen molar-refractivity contribution in [3.05, 3.63) is 64.1 Å². The summed E-state index contributed by atoms with van der Waals surface area (Å²) in [7, 11) is -3.89. The van der Waals surface area contributed by atoms with E-state index in [1.165, 1.54) is 24.3 Å². The molecule has 0 saturated carbocycles. The number of carbonyl (C=O) groups is 2. The molecule has 0 aromatic heterocycles. The number of primary sulfonamides is 1. The molecule has 0 saturated heterocycles. The Morgan fingerprint density at radius 3 is 2.24 bits per heavy atom. The zero-order valence-corrected chi connectivity index (χ0v) is 17.5. The fraction of sp³-hybridized carbons (Fsp3) is 0.200. The van der Waals surface area contributed by atoms with Gasteiger partial charge in [-0.15, -0.1) is 11.8 Å². The summed E-state index contributed by atoms with van der Waals surface area (Å²) >= 11 is 1.12. The molecular weight excluding hydrogens is 412 g/mol. The number of rotatable bonds is 6. The van der Waals surface area contributed by atoms with Crippen LogP contribution in [0.3, 0.4) is 0 Å². The first-order chi connectivity index (χ1) is 13.6. The predicted molar refractivity (Wildman–Crippen MR) is 113 cm³/mol. The number of hydrogen-bond acceptors (Lipinski definition) is 6. The normalized spacial score (nSPS) is 14.8. The van der Waals surface area contributed by atoms with Crippen LogP contribution in [0.5, 0.6) is 0 Å². The molecule has 2 aromatic rings. The van der Waals surface area contributed by atoms with Gasteiger partial charge in [0.15, 0.2) is 0 Å².